The van der Waals surface area contributed by atoms with Crippen molar-refractivity contribution < 1.29 is 18.7 Å². The first kappa shape index (κ1) is 18.0. The Balaban J connectivity index is 1.36. The summed E-state index contributed by atoms with van der Waals surface area (Å²) in [6.07, 6.45) is 2.63. The van der Waals surface area contributed by atoms with Crippen molar-refractivity contribution in [2.24, 2.45) is 0 Å². The molecule has 0 saturated carbocycles. The van der Waals surface area contributed by atoms with Gasteiger partial charge in [-0.1, -0.05) is 12.1 Å². The molecule has 0 aliphatic carbocycles. The molecule has 0 atom stereocenters. The molecule has 0 unspecified atom stereocenters. The van der Waals surface area contributed by atoms with E-state index in [1.165, 1.54) is 6.26 Å². The first-order valence-electron chi connectivity index (χ1n) is 8.93. The van der Waals surface area contributed by atoms with Gasteiger partial charge in [0.15, 0.2) is 5.76 Å². The van der Waals surface area contributed by atoms with Crippen LogP contribution < -0.4 is 4.74 Å². The molecule has 2 amide bonds. The van der Waals surface area contributed by atoms with Gasteiger partial charge in [-0.15, -0.1) is 0 Å². The highest BCUT2D eigenvalue weighted by molar-refractivity contribution is 5.91. The molecule has 6 heteroatoms. The van der Waals surface area contributed by atoms with Crippen molar-refractivity contribution >= 4 is 11.8 Å². The molecule has 138 valence electrons. The van der Waals surface area contributed by atoms with Crippen LogP contribution in [0.1, 0.15) is 29.0 Å². The summed E-state index contributed by atoms with van der Waals surface area (Å²) in [5.41, 5.74) is 1.15. The molecular formula is C20H24N2O4. The summed E-state index contributed by atoms with van der Waals surface area (Å²) in [6, 6.07) is 11.2. The number of furan rings is 1. The van der Waals surface area contributed by atoms with Gasteiger partial charge in [-0.05, 0) is 43.2 Å². The minimum Gasteiger partial charge on any atom is -0.494 e. The highest BCUT2D eigenvalue weighted by Crippen LogP contribution is 2.14. The first-order chi connectivity index (χ1) is 12.6. The fourth-order valence-electron chi connectivity index (χ4n) is 2.99. The Morgan fingerprint density at radius 3 is 2.54 bits per heavy atom. The van der Waals surface area contributed by atoms with Gasteiger partial charge < -0.3 is 19.0 Å². The molecule has 0 N–H and O–H groups in total. The van der Waals surface area contributed by atoms with Crippen molar-refractivity contribution in [2.75, 3.05) is 32.8 Å². The van der Waals surface area contributed by atoms with Gasteiger partial charge in [-0.3, -0.25) is 9.59 Å². The molecule has 3 rings (SSSR count). The quantitative estimate of drug-likeness (QED) is 0.747. The lowest BCUT2D eigenvalue weighted by Crippen LogP contribution is -2.50. The van der Waals surface area contributed by atoms with E-state index in [9.17, 15) is 9.59 Å². The molecule has 1 aromatic heterocycles. The van der Waals surface area contributed by atoms with E-state index in [0.717, 1.165) is 11.3 Å². The number of hydrogen-bond donors (Lipinski definition) is 0. The van der Waals surface area contributed by atoms with Crippen LogP contribution in [0.4, 0.5) is 0 Å². The van der Waals surface area contributed by atoms with Crippen molar-refractivity contribution in [3.8, 4) is 5.75 Å². The number of aryl methyl sites for hydroxylation is 1. The van der Waals surface area contributed by atoms with Crippen LogP contribution in [-0.4, -0.2) is 54.4 Å². The Hall–Kier alpha value is -2.76. The molecule has 0 radical (unpaired) electrons. The van der Waals surface area contributed by atoms with E-state index in [-0.39, 0.29) is 11.8 Å². The Morgan fingerprint density at radius 1 is 1.08 bits per heavy atom. The van der Waals surface area contributed by atoms with E-state index < -0.39 is 0 Å². The maximum absolute atomic E-state index is 12.3. The number of carbonyl (C=O) groups is 2. The molecule has 1 fully saturated rings. The lowest BCUT2D eigenvalue weighted by molar-refractivity contribution is -0.132. The minimum absolute atomic E-state index is 0.114. The smallest absolute Gasteiger partial charge is 0.289 e. The number of benzene rings is 1. The van der Waals surface area contributed by atoms with E-state index in [2.05, 4.69) is 0 Å². The van der Waals surface area contributed by atoms with Crippen LogP contribution in [0.15, 0.2) is 47.1 Å². The van der Waals surface area contributed by atoms with E-state index in [1.54, 1.807) is 17.0 Å². The minimum atomic E-state index is -0.117. The molecule has 2 aromatic rings. The number of rotatable bonds is 6. The molecule has 6 nitrogen and oxygen atoms in total. The molecule has 0 bridgehead atoms. The van der Waals surface area contributed by atoms with Crippen LogP contribution in [0.2, 0.25) is 0 Å². The second kappa shape index (κ2) is 8.56. The molecular weight excluding hydrogens is 332 g/mol. The Kier molecular flexibility index (Phi) is 5.94. The van der Waals surface area contributed by atoms with E-state index in [4.69, 9.17) is 9.15 Å². The van der Waals surface area contributed by atoms with Crippen LogP contribution >= 0.6 is 0 Å². The molecule has 1 aliphatic heterocycles. The summed E-state index contributed by atoms with van der Waals surface area (Å²) in [6.45, 7) is 4.73. The van der Waals surface area contributed by atoms with Crippen molar-refractivity contribution in [2.45, 2.75) is 19.8 Å². The number of piperazine rings is 1. The highest BCUT2D eigenvalue weighted by atomic mass is 16.5. The second-order valence-corrected chi connectivity index (χ2v) is 6.42. The van der Waals surface area contributed by atoms with Gasteiger partial charge in [0.05, 0.1) is 12.9 Å². The summed E-state index contributed by atoms with van der Waals surface area (Å²) in [4.78, 5) is 28.1. The number of amides is 2. The summed E-state index contributed by atoms with van der Waals surface area (Å²) in [7, 11) is 0. The van der Waals surface area contributed by atoms with Gasteiger partial charge in [0.1, 0.15) is 5.75 Å². The summed E-state index contributed by atoms with van der Waals surface area (Å²) in [5, 5.41) is 0. The predicted octanol–water partition coefficient (Wildman–Crippen LogP) is 2.73. The average molecular weight is 356 g/mol. The van der Waals surface area contributed by atoms with Gasteiger partial charge in [0, 0.05) is 32.6 Å². The monoisotopic (exact) mass is 356 g/mol. The summed E-state index contributed by atoms with van der Waals surface area (Å²) < 4.78 is 10.8. The zero-order chi connectivity index (χ0) is 18.4. The maximum atomic E-state index is 12.3. The molecule has 0 spiro atoms. The van der Waals surface area contributed by atoms with Crippen LogP contribution in [0.25, 0.3) is 0 Å². The number of carbonyl (C=O) groups excluding carboxylic acids is 2. The second-order valence-electron chi connectivity index (χ2n) is 6.42. The largest absolute Gasteiger partial charge is 0.494 e. The summed E-state index contributed by atoms with van der Waals surface area (Å²) in [5.74, 6) is 1.18. The Labute approximate surface area is 153 Å². The van der Waals surface area contributed by atoms with Crippen molar-refractivity contribution in [3.63, 3.8) is 0 Å². The van der Waals surface area contributed by atoms with Crippen LogP contribution in [0.3, 0.4) is 0 Å². The van der Waals surface area contributed by atoms with Crippen molar-refractivity contribution in [1.82, 2.24) is 9.80 Å². The molecule has 1 saturated heterocycles. The standard InChI is InChI=1S/C20H24N2O4/c1-16-5-2-6-17(15-16)25-13-4-8-19(23)21-9-11-22(12-10-21)20(24)18-7-3-14-26-18/h2-3,5-7,14-15H,4,8-13H2,1H3. The predicted molar refractivity (Wildman–Crippen MR) is 97.1 cm³/mol. The van der Waals surface area contributed by atoms with E-state index in [0.29, 0.717) is 51.4 Å². The fraction of sp³-hybridized carbons (Fsp3) is 0.400. The van der Waals surface area contributed by atoms with Gasteiger partial charge in [0.25, 0.3) is 5.91 Å². The lowest BCUT2D eigenvalue weighted by Gasteiger charge is -2.34. The van der Waals surface area contributed by atoms with Gasteiger partial charge >= 0.3 is 0 Å². The van der Waals surface area contributed by atoms with Gasteiger partial charge in [-0.25, -0.2) is 0 Å². The zero-order valence-corrected chi connectivity index (χ0v) is 15.0. The first-order valence-corrected chi connectivity index (χ1v) is 8.93. The van der Waals surface area contributed by atoms with Crippen LogP contribution in [0, 0.1) is 6.92 Å². The SMILES string of the molecule is Cc1cccc(OCCCC(=O)N2CCN(C(=O)c3ccco3)CC2)c1. The van der Waals surface area contributed by atoms with Gasteiger partial charge in [-0.2, -0.15) is 0 Å². The van der Waals surface area contributed by atoms with E-state index >= 15 is 0 Å². The fourth-order valence-corrected chi connectivity index (χ4v) is 2.99. The third-order valence-electron chi connectivity index (χ3n) is 4.44. The van der Waals surface area contributed by atoms with E-state index in [1.807, 2.05) is 36.1 Å². The Morgan fingerprint density at radius 2 is 1.85 bits per heavy atom. The Bertz CT molecular complexity index is 734. The third kappa shape index (κ3) is 4.65. The lowest BCUT2D eigenvalue weighted by atomic mass is 10.2. The zero-order valence-electron chi connectivity index (χ0n) is 15.0. The molecule has 2 heterocycles. The number of ether oxygens (including phenoxy) is 1. The molecule has 26 heavy (non-hydrogen) atoms. The van der Waals surface area contributed by atoms with Crippen molar-refractivity contribution in [1.29, 1.82) is 0 Å². The number of nitrogens with zero attached hydrogens (tertiary/aromatic N) is 2. The average Bonchev–Trinajstić information content (AvgIpc) is 3.19. The van der Waals surface area contributed by atoms with Crippen LogP contribution in [0.5, 0.6) is 5.75 Å². The topological polar surface area (TPSA) is 63.0 Å². The van der Waals surface area contributed by atoms with Crippen molar-refractivity contribution in [3.05, 3.63) is 54.0 Å². The molecule has 1 aliphatic rings. The molecule has 1 aromatic carbocycles. The highest BCUT2D eigenvalue weighted by Gasteiger charge is 2.25. The van der Waals surface area contributed by atoms with Crippen LogP contribution in [-0.2, 0) is 4.79 Å². The third-order valence-corrected chi connectivity index (χ3v) is 4.44. The van der Waals surface area contributed by atoms with Gasteiger partial charge in [0.2, 0.25) is 5.91 Å². The summed E-state index contributed by atoms with van der Waals surface area (Å²) >= 11 is 0. The normalized spacial score (nSPS) is 14.3. The number of hydrogen-bond acceptors (Lipinski definition) is 4. The maximum Gasteiger partial charge on any atom is 0.289 e.